The first-order valence-electron chi connectivity index (χ1n) is 9.25. The van der Waals surface area contributed by atoms with Gasteiger partial charge >= 0.3 is 6.09 Å². The number of hydrogen-bond acceptors (Lipinski definition) is 5. The summed E-state index contributed by atoms with van der Waals surface area (Å²) in [6.07, 6.45) is -1.05. The predicted octanol–water partition coefficient (Wildman–Crippen LogP) is 3.73. The molecule has 4 aromatic rings. The van der Waals surface area contributed by atoms with Gasteiger partial charge in [-0.3, -0.25) is 4.90 Å². The summed E-state index contributed by atoms with van der Waals surface area (Å²) in [6.45, 7) is 5.56. The maximum Gasteiger partial charge on any atom is 0.408 e. The molecule has 0 saturated heterocycles. The maximum atomic E-state index is 12.4. The van der Waals surface area contributed by atoms with Gasteiger partial charge in [-0.05, 0) is 38.5 Å². The maximum absolute atomic E-state index is 12.4. The van der Waals surface area contributed by atoms with Crippen LogP contribution in [-0.2, 0) is 0 Å². The van der Waals surface area contributed by atoms with Gasteiger partial charge in [0.05, 0.1) is 5.52 Å². The van der Waals surface area contributed by atoms with Crippen molar-refractivity contribution in [3.8, 4) is 0 Å². The summed E-state index contributed by atoms with van der Waals surface area (Å²) in [5, 5.41) is 15.3. The zero-order valence-electron chi connectivity index (χ0n) is 16.4. The van der Waals surface area contributed by atoms with E-state index >= 15 is 0 Å². The molecule has 0 radical (unpaired) electrons. The Balaban J connectivity index is 2.10. The topological polar surface area (TPSA) is 110 Å². The summed E-state index contributed by atoms with van der Waals surface area (Å²) in [5.74, 6) is 0.542. The van der Waals surface area contributed by atoms with Crippen molar-refractivity contribution in [2.24, 2.45) is 0 Å². The summed E-state index contributed by atoms with van der Waals surface area (Å²) in [7, 11) is 0. The number of rotatable bonds is 3. The molecule has 3 N–H and O–H groups in total. The lowest BCUT2D eigenvalue weighted by Gasteiger charge is -2.39. The van der Waals surface area contributed by atoms with Gasteiger partial charge in [-0.15, -0.1) is 5.10 Å². The zero-order valence-corrected chi connectivity index (χ0v) is 16.4. The molecule has 8 nitrogen and oxygen atoms in total. The molecule has 0 saturated carbocycles. The lowest BCUT2D eigenvalue weighted by molar-refractivity contribution is 0.0781. The quantitative estimate of drug-likeness (QED) is 0.552. The van der Waals surface area contributed by atoms with Gasteiger partial charge in [-0.1, -0.05) is 42.5 Å². The number of fused-ring (bicyclic) bond motifs is 3. The predicted molar refractivity (Wildman–Crippen MR) is 111 cm³/mol. The zero-order chi connectivity index (χ0) is 20.8. The van der Waals surface area contributed by atoms with Crippen molar-refractivity contribution in [1.29, 1.82) is 0 Å². The fourth-order valence-electron chi connectivity index (χ4n) is 3.60. The number of amides is 1. The highest BCUT2D eigenvalue weighted by molar-refractivity contribution is 5.91. The van der Waals surface area contributed by atoms with E-state index in [0.29, 0.717) is 17.0 Å². The number of benzene rings is 2. The second-order valence-electron chi connectivity index (χ2n) is 7.83. The Hall–Kier alpha value is -3.68. The average Bonchev–Trinajstić information content (AvgIpc) is 3.06. The van der Waals surface area contributed by atoms with Gasteiger partial charge < -0.3 is 10.8 Å². The summed E-state index contributed by atoms with van der Waals surface area (Å²) in [5.41, 5.74) is 7.24. The first kappa shape index (κ1) is 18.7. The molecule has 1 unspecified atom stereocenters. The van der Waals surface area contributed by atoms with Gasteiger partial charge in [0.25, 0.3) is 0 Å². The Morgan fingerprint density at radius 1 is 1.07 bits per heavy atom. The summed E-state index contributed by atoms with van der Waals surface area (Å²) < 4.78 is 1.55. The molecule has 1 atom stereocenters. The number of para-hydroxylation sites is 1. The van der Waals surface area contributed by atoms with Gasteiger partial charge in [-0.25, -0.2) is 9.78 Å². The molecule has 8 heteroatoms. The SMILES string of the molecule is CC(C)(C)N(C(=O)O)C(c1ccccc1)c1nc2ccccc2c2nc(N)nn12. The van der Waals surface area contributed by atoms with Crippen molar-refractivity contribution in [2.45, 2.75) is 32.4 Å². The number of hydrogen-bond donors (Lipinski definition) is 2. The number of nitrogen functional groups attached to an aromatic ring is 1. The molecule has 0 bridgehead atoms. The molecular weight excluding hydrogens is 368 g/mol. The number of aromatic nitrogens is 4. The highest BCUT2D eigenvalue weighted by Crippen LogP contribution is 2.34. The molecule has 0 aliphatic heterocycles. The van der Waals surface area contributed by atoms with E-state index in [2.05, 4.69) is 10.1 Å². The van der Waals surface area contributed by atoms with Crippen LogP contribution in [0.1, 0.15) is 38.2 Å². The Morgan fingerprint density at radius 3 is 2.38 bits per heavy atom. The monoisotopic (exact) mass is 390 g/mol. The van der Waals surface area contributed by atoms with E-state index in [9.17, 15) is 9.90 Å². The van der Waals surface area contributed by atoms with Crippen LogP contribution in [0, 0.1) is 0 Å². The Labute approximate surface area is 167 Å². The van der Waals surface area contributed by atoms with Gasteiger partial charge in [0.2, 0.25) is 5.95 Å². The first-order valence-corrected chi connectivity index (χ1v) is 9.25. The molecule has 0 spiro atoms. The summed E-state index contributed by atoms with van der Waals surface area (Å²) in [6, 6.07) is 16.2. The minimum Gasteiger partial charge on any atom is -0.465 e. The number of nitrogens with zero attached hydrogens (tertiary/aromatic N) is 5. The highest BCUT2D eigenvalue weighted by Gasteiger charge is 2.38. The van der Waals surface area contributed by atoms with Crippen molar-refractivity contribution < 1.29 is 9.90 Å². The van der Waals surface area contributed by atoms with Crippen molar-refractivity contribution in [3.05, 3.63) is 66.0 Å². The number of anilines is 1. The van der Waals surface area contributed by atoms with Crippen LogP contribution in [0.4, 0.5) is 10.7 Å². The molecule has 1 amide bonds. The molecule has 0 aliphatic rings. The Morgan fingerprint density at radius 2 is 1.72 bits per heavy atom. The molecule has 2 aromatic heterocycles. The standard InChI is InChI=1S/C21H22N6O2/c1-21(2,3)26(20(28)29)16(13-9-5-4-6-10-13)18-23-15-12-8-7-11-14(15)17-24-19(22)25-27(17)18/h4-12,16H,1-3H3,(H2,22,25)(H,28,29). The van der Waals surface area contributed by atoms with E-state index < -0.39 is 17.7 Å². The second kappa shape index (κ2) is 6.73. The Bertz CT molecular complexity index is 1200. The Kier molecular flexibility index (Phi) is 4.34. The molecule has 2 aromatic carbocycles. The fourth-order valence-corrected chi connectivity index (χ4v) is 3.60. The first-order chi connectivity index (χ1) is 13.8. The minimum absolute atomic E-state index is 0.105. The minimum atomic E-state index is -1.05. The van der Waals surface area contributed by atoms with Gasteiger partial charge in [-0.2, -0.15) is 9.50 Å². The van der Waals surface area contributed by atoms with Crippen LogP contribution < -0.4 is 5.73 Å². The van der Waals surface area contributed by atoms with E-state index in [1.807, 2.05) is 75.4 Å². The van der Waals surface area contributed by atoms with Gasteiger partial charge in [0.1, 0.15) is 6.04 Å². The van der Waals surface area contributed by atoms with Gasteiger partial charge in [0.15, 0.2) is 11.5 Å². The van der Waals surface area contributed by atoms with Crippen molar-refractivity contribution >= 4 is 28.6 Å². The van der Waals surface area contributed by atoms with E-state index in [1.165, 1.54) is 4.90 Å². The molecule has 148 valence electrons. The smallest absolute Gasteiger partial charge is 0.408 e. The van der Waals surface area contributed by atoms with E-state index in [1.54, 1.807) is 4.52 Å². The molecule has 0 fully saturated rings. The average molecular weight is 390 g/mol. The lowest BCUT2D eigenvalue weighted by atomic mass is 9.97. The highest BCUT2D eigenvalue weighted by atomic mass is 16.4. The normalized spacial score (nSPS) is 12.9. The number of carbonyl (C=O) groups is 1. The fraction of sp³-hybridized carbons (Fsp3) is 0.238. The van der Waals surface area contributed by atoms with Crippen LogP contribution in [0.5, 0.6) is 0 Å². The van der Waals surface area contributed by atoms with E-state index in [0.717, 1.165) is 10.9 Å². The molecular formula is C21H22N6O2. The number of nitrogens with two attached hydrogens (primary N) is 1. The third kappa shape index (κ3) is 3.22. The van der Waals surface area contributed by atoms with Crippen molar-refractivity contribution in [3.63, 3.8) is 0 Å². The van der Waals surface area contributed by atoms with Gasteiger partial charge in [0, 0.05) is 10.9 Å². The molecule has 0 aliphatic carbocycles. The van der Waals surface area contributed by atoms with E-state index in [4.69, 9.17) is 10.7 Å². The van der Waals surface area contributed by atoms with Crippen LogP contribution in [0.25, 0.3) is 16.6 Å². The van der Waals surface area contributed by atoms with Crippen molar-refractivity contribution in [1.82, 2.24) is 24.5 Å². The largest absolute Gasteiger partial charge is 0.465 e. The van der Waals surface area contributed by atoms with Crippen LogP contribution in [-0.4, -0.2) is 41.2 Å². The van der Waals surface area contributed by atoms with Crippen LogP contribution in [0.2, 0.25) is 0 Å². The van der Waals surface area contributed by atoms with Crippen LogP contribution in [0.3, 0.4) is 0 Å². The number of carboxylic acid groups (broad SMARTS) is 1. The van der Waals surface area contributed by atoms with Crippen LogP contribution >= 0.6 is 0 Å². The lowest BCUT2D eigenvalue weighted by Crippen LogP contribution is -2.48. The third-order valence-corrected chi connectivity index (χ3v) is 4.77. The summed E-state index contributed by atoms with van der Waals surface area (Å²) >= 11 is 0. The van der Waals surface area contributed by atoms with E-state index in [-0.39, 0.29) is 5.95 Å². The third-order valence-electron chi connectivity index (χ3n) is 4.77. The van der Waals surface area contributed by atoms with Crippen LogP contribution in [0.15, 0.2) is 54.6 Å². The molecule has 29 heavy (non-hydrogen) atoms. The summed E-state index contributed by atoms with van der Waals surface area (Å²) in [4.78, 5) is 22.9. The molecule has 2 heterocycles. The second-order valence-corrected chi connectivity index (χ2v) is 7.83. The van der Waals surface area contributed by atoms with Crippen molar-refractivity contribution in [2.75, 3.05) is 5.73 Å². The molecule has 4 rings (SSSR count).